The van der Waals surface area contributed by atoms with Gasteiger partial charge in [0.05, 0.1) is 25.5 Å². The fourth-order valence-electron chi connectivity index (χ4n) is 2.19. The fourth-order valence-corrected chi connectivity index (χ4v) is 2.19. The highest BCUT2D eigenvalue weighted by atomic mass is 16.2. The van der Waals surface area contributed by atoms with Crippen molar-refractivity contribution in [3.05, 3.63) is 30.2 Å². The summed E-state index contributed by atoms with van der Waals surface area (Å²) in [7, 11) is 0. The van der Waals surface area contributed by atoms with Crippen molar-refractivity contribution in [1.82, 2.24) is 24.9 Å². The first-order valence-corrected chi connectivity index (χ1v) is 7.51. The third-order valence-corrected chi connectivity index (χ3v) is 3.26. The molecule has 1 atom stereocenters. The van der Waals surface area contributed by atoms with E-state index in [4.69, 9.17) is 0 Å². The summed E-state index contributed by atoms with van der Waals surface area (Å²) in [5.74, 6) is 0.642. The van der Waals surface area contributed by atoms with Crippen molar-refractivity contribution < 1.29 is 4.79 Å². The highest BCUT2D eigenvalue weighted by Crippen LogP contribution is 2.12. The maximum absolute atomic E-state index is 12.0. The number of nitrogens with zero attached hydrogens (tertiary/aromatic N) is 4. The highest BCUT2D eigenvalue weighted by Gasteiger charge is 2.11. The second-order valence-electron chi connectivity index (χ2n) is 5.82. The van der Waals surface area contributed by atoms with Gasteiger partial charge in [-0.25, -0.2) is 4.68 Å². The third kappa shape index (κ3) is 4.42. The molecule has 2 N–H and O–H groups in total. The molecule has 0 radical (unpaired) electrons. The Morgan fingerprint density at radius 1 is 1.32 bits per heavy atom. The van der Waals surface area contributed by atoms with Crippen molar-refractivity contribution in [2.75, 3.05) is 11.9 Å². The van der Waals surface area contributed by atoms with Crippen LogP contribution in [-0.4, -0.2) is 38.1 Å². The summed E-state index contributed by atoms with van der Waals surface area (Å²) >= 11 is 0. The van der Waals surface area contributed by atoms with E-state index in [0.717, 1.165) is 17.9 Å². The maximum Gasteiger partial charge on any atom is 0.239 e. The van der Waals surface area contributed by atoms with Crippen LogP contribution in [0.1, 0.15) is 32.4 Å². The quantitative estimate of drug-likeness (QED) is 0.814. The van der Waals surface area contributed by atoms with E-state index in [1.54, 1.807) is 16.9 Å². The lowest BCUT2D eigenvalue weighted by atomic mass is 10.3. The number of amides is 1. The number of rotatable bonds is 7. The van der Waals surface area contributed by atoms with Crippen molar-refractivity contribution in [2.45, 2.75) is 46.3 Å². The van der Waals surface area contributed by atoms with Gasteiger partial charge in [-0.1, -0.05) is 0 Å². The van der Waals surface area contributed by atoms with E-state index in [2.05, 4.69) is 20.8 Å². The van der Waals surface area contributed by atoms with Crippen LogP contribution in [0.5, 0.6) is 0 Å². The molecule has 0 aliphatic carbocycles. The number of anilines is 1. The molecule has 0 spiro atoms. The molecule has 2 aromatic heterocycles. The van der Waals surface area contributed by atoms with Crippen LogP contribution in [0.15, 0.2) is 24.7 Å². The van der Waals surface area contributed by atoms with Crippen molar-refractivity contribution in [3.8, 4) is 0 Å². The Kier molecular flexibility index (Phi) is 5.32. The van der Waals surface area contributed by atoms with Gasteiger partial charge in [0.25, 0.3) is 0 Å². The molecule has 0 saturated heterocycles. The molecule has 7 nitrogen and oxygen atoms in total. The maximum atomic E-state index is 12.0. The van der Waals surface area contributed by atoms with Gasteiger partial charge in [0.2, 0.25) is 5.91 Å². The smallest absolute Gasteiger partial charge is 0.239 e. The highest BCUT2D eigenvalue weighted by molar-refractivity contribution is 5.91. The molecule has 0 saturated carbocycles. The van der Waals surface area contributed by atoms with Gasteiger partial charge in [-0.3, -0.25) is 9.48 Å². The molecule has 120 valence electrons. The lowest BCUT2D eigenvalue weighted by Gasteiger charge is -2.15. The Labute approximate surface area is 130 Å². The molecule has 7 heteroatoms. The molecular weight excluding hydrogens is 280 g/mol. The number of nitrogens with one attached hydrogen (secondary N) is 2. The van der Waals surface area contributed by atoms with E-state index in [1.807, 2.05) is 44.8 Å². The predicted octanol–water partition coefficient (Wildman–Crippen LogP) is 1.59. The van der Waals surface area contributed by atoms with Gasteiger partial charge in [-0.2, -0.15) is 10.2 Å². The molecule has 1 amide bonds. The van der Waals surface area contributed by atoms with Gasteiger partial charge in [0, 0.05) is 24.3 Å². The molecule has 0 bridgehead atoms. The normalized spacial score (nSPS) is 12.6. The van der Waals surface area contributed by atoms with Gasteiger partial charge < -0.3 is 10.6 Å². The monoisotopic (exact) mass is 304 g/mol. The summed E-state index contributed by atoms with van der Waals surface area (Å²) in [5, 5.41) is 14.5. The number of hydrogen-bond acceptors (Lipinski definition) is 4. The average molecular weight is 304 g/mol. The van der Waals surface area contributed by atoms with Crippen LogP contribution in [0, 0.1) is 6.92 Å². The molecular formula is C15H24N6O. The molecule has 0 fully saturated rings. The van der Waals surface area contributed by atoms with Crippen LogP contribution in [0.3, 0.4) is 0 Å². The van der Waals surface area contributed by atoms with Gasteiger partial charge in [-0.15, -0.1) is 0 Å². The van der Waals surface area contributed by atoms with E-state index < -0.39 is 0 Å². The van der Waals surface area contributed by atoms with Crippen LogP contribution in [0.2, 0.25) is 0 Å². The Hall–Kier alpha value is -2.15. The minimum atomic E-state index is -0.0779. The van der Waals surface area contributed by atoms with E-state index in [0.29, 0.717) is 0 Å². The number of carbonyl (C=O) groups is 1. The van der Waals surface area contributed by atoms with Crippen LogP contribution < -0.4 is 10.6 Å². The Morgan fingerprint density at radius 3 is 2.73 bits per heavy atom. The van der Waals surface area contributed by atoms with Crippen molar-refractivity contribution in [1.29, 1.82) is 0 Å². The second-order valence-corrected chi connectivity index (χ2v) is 5.82. The molecule has 22 heavy (non-hydrogen) atoms. The third-order valence-electron chi connectivity index (χ3n) is 3.26. The van der Waals surface area contributed by atoms with Crippen LogP contribution in [0.25, 0.3) is 0 Å². The SMILES string of the molecule is Cc1cnn(C[C@@H](C)NCC(=O)Nc2ccnn2C(C)C)c1. The number of aryl methyl sites for hydroxylation is 1. The Bertz CT molecular complexity index is 615. The van der Waals surface area contributed by atoms with Gasteiger partial charge in [0.15, 0.2) is 0 Å². The first-order chi connectivity index (χ1) is 10.5. The number of hydrogen-bond donors (Lipinski definition) is 2. The lowest BCUT2D eigenvalue weighted by Crippen LogP contribution is -2.37. The first-order valence-electron chi connectivity index (χ1n) is 7.51. The molecule has 2 rings (SSSR count). The van der Waals surface area contributed by atoms with Gasteiger partial charge in [-0.05, 0) is 33.3 Å². The summed E-state index contributed by atoms with van der Waals surface area (Å²) in [6.07, 6.45) is 5.50. The van der Waals surface area contributed by atoms with Crippen LogP contribution in [-0.2, 0) is 11.3 Å². The second kappa shape index (κ2) is 7.22. The number of carbonyl (C=O) groups excluding carboxylic acids is 1. The van der Waals surface area contributed by atoms with E-state index in [-0.39, 0.29) is 24.5 Å². The predicted molar refractivity (Wildman–Crippen MR) is 85.7 cm³/mol. The molecule has 0 aliphatic heterocycles. The van der Waals surface area contributed by atoms with Crippen molar-refractivity contribution >= 4 is 11.7 Å². The number of aromatic nitrogens is 4. The minimum Gasteiger partial charge on any atom is -0.310 e. The first kappa shape index (κ1) is 16.2. The zero-order chi connectivity index (χ0) is 16.1. The van der Waals surface area contributed by atoms with Gasteiger partial charge >= 0.3 is 0 Å². The molecule has 0 unspecified atom stereocenters. The standard InChI is InChI=1S/C15H24N6O/c1-11(2)21-14(5-6-17-21)19-15(22)8-16-13(4)10-20-9-12(3)7-18-20/h5-7,9,11,13,16H,8,10H2,1-4H3,(H,19,22)/t13-/m1/s1. The van der Waals surface area contributed by atoms with E-state index >= 15 is 0 Å². The topological polar surface area (TPSA) is 76.8 Å². The molecule has 0 aliphatic rings. The largest absolute Gasteiger partial charge is 0.310 e. The summed E-state index contributed by atoms with van der Waals surface area (Å²) in [6, 6.07) is 2.16. The Morgan fingerprint density at radius 2 is 2.09 bits per heavy atom. The van der Waals surface area contributed by atoms with Crippen LogP contribution in [0.4, 0.5) is 5.82 Å². The average Bonchev–Trinajstić information content (AvgIpc) is 3.06. The summed E-state index contributed by atoms with van der Waals surface area (Å²) < 4.78 is 3.66. The zero-order valence-corrected chi connectivity index (χ0v) is 13.6. The Balaban J connectivity index is 1.78. The summed E-state index contributed by atoms with van der Waals surface area (Å²) in [5.41, 5.74) is 1.13. The minimum absolute atomic E-state index is 0.0779. The van der Waals surface area contributed by atoms with Crippen molar-refractivity contribution in [3.63, 3.8) is 0 Å². The zero-order valence-electron chi connectivity index (χ0n) is 13.6. The van der Waals surface area contributed by atoms with Crippen LogP contribution >= 0.6 is 0 Å². The molecule has 2 heterocycles. The molecule has 0 aromatic carbocycles. The molecule has 2 aromatic rings. The lowest BCUT2D eigenvalue weighted by molar-refractivity contribution is -0.115. The van der Waals surface area contributed by atoms with E-state index in [9.17, 15) is 4.79 Å². The van der Waals surface area contributed by atoms with Gasteiger partial charge in [0.1, 0.15) is 5.82 Å². The van der Waals surface area contributed by atoms with E-state index in [1.165, 1.54) is 0 Å². The van der Waals surface area contributed by atoms with Crippen molar-refractivity contribution in [2.24, 2.45) is 0 Å². The summed E-state index contributed by atoms with van der Waals surface area (Å²) in [6.45, 7) is 9.06. The fraction of sp³-hybridized carbons (Fsp3) is 0.533. The summed E-state index contributed by atoms with van der Waals surface area (Å²) in [4.78, 5) is 12.0.